The van der Waals surface area contributed by atoms with Crippen molar-refractivity contribution < 1.29 is 9.53 Å². The topological polar surface area (TPSA) is 48.1 Å². The summed E-state index contributed by atoms with van der Waals surface area (Å²) in [6.45, 7) is 9.57. The Balaban J connectivity index is 1.39. The molecule has 2 aliphatic rings. The first kappa shape index (κ1) is 19.0. The smallest absolute Gasteiger partial charge is 0.317 e. The lowest BCUT2D eigenvalue weighted by molar-refractivity contribution is 0.133. The molecule has 0 aromatic heterocycles. The fourth-order valence-corrected chi connectivity index (χ4v) is 3.80. The quantitative estimate of drug-likeness (QED) is 0.843. The van der Waals surface area contributed by atoms with E-state index in [-0.39, 0.29) is 6.03 Å². The molecule has 2 saturated heterocycles. The van der Waals surface area contributed by atoms with Crippen LogP contribution < -0.4 is 10.1 Å². The number of piperazine rings is 1. The summed E-state index contributed by atoms with van der Waals surface area (Å²) in [6.07, 6.45) is 2.57. The third kappa shape index (κ3) is 5.11. The predicted octanol–water partition coefficient (Wildman–Crippen LogP) is 2.01. The molecular formula is C20H32N4O2. The second kappa shape index (κ2) is 9.24. The van der Waals surface area contributed by atoms with Gasteiger partial charge in [0.25, 0.3) is 0 Å². The molecule has 6 nitrogen and oxygen atoms in total. The van der Waals surface area contributed by atoms with Gasteiger partial charge >= 0.3 is 6.03 Å². The molecule has 6 heteroatoms. The van der Waals surface area contributed by atoms with E-state index in [1.165, 1.54) is 31.5 Å². The van der Waals surface area contributed by atoms with Crippen LogP contribution in [0.2, 0.25) is 0 Å². The Bertz CT molecular complexity index is 581. The number of rotatable bonds is 6. The van der Waals surface area contributed by atoms with E-state index < -0.39 is 0 Å². The Kier molecular flexibility index (Phi) is 6.74. The molecule has 144 valence electrons. The molecule has 0 radical (unpaired) electrons. The van der Waals surface area contributed by atoms with Gasteiger partial charge in [-0.25, -0.2) is 4.79 Å². The number of urea groups is 1. The van der Waals surface area contributed by atoms with Crippen molar-refractivity contribution in [1.29, 1.82) is 0 Å². The summed E-state index contributed by atoms with van der Waals surface area (Å²) >= 11 is 0. The number of hydrogen-bond acceptors (Lipinski definition) is 4. The lowest BCUT2D eigenvalue weighted by Crippen LogP contribution is -2.53. The van der Waals surface area contributed by atoms with Crippen molar-refractivity contribution in [3.63, 3.8) is 0 Å². The number of hydrogen-bond donors (Lipinski definition) is 1. The van der Waals surface area contributed by atoms with E-state index in [0.29, 0.717) is 6.04 Å². The highest BCUT2D eigenvalue weighted by Gasteiger charge is 2.23. The molecule has 0 aliphatic carbocycles. The van der Waals surface area contributed by atoms with Crippen molar-refractivity contribution in [3.8, 4) is 5.75 Å². The first-order valence-electron chi connectivity index (χ1n) is 9.78. The molecule has 2 fully saturated rings. The number of amides is 2. The number of nitrogens with zero attached hydrogens (tertiary/aromatic N) is 3. The maximum atomic E-state index is 12.4. The zero-order chi connectivity index (χ0) is 18.4. The molecule has 2 amide bonds. The van der Waals surface area contributed by atoms with Crippen molar-refractivity contribution in [2.45, 2.75) is 32.4 Å². The minimum absolute atomic E-state index is 0.0806. The molecule has 0 unspecified atom stereocenters. The van der Waals surface area contributed by atoms with Gasteiger partial charge in [-0.15, -0.1) is 0 Å². The van der Waals surface area contributed by atoms with E-state index in [0.717, 1.165) is 45.0 Å². The third-order valence-corrected chi connectivity index (χ3v) is 5.51. The van der Waals surface area contributed by atoms with Crippen LogP contribution in [0.4, 0.5) is 4.79 Å². The summed E-state index contributed by atoms with van der Waals surface area (Å²) in [7, 11) is 1.70. The maximum Gasteiger partial charge on any atom is 0.317 e. The maximum absolute atomic E-state index is 12.4. The predicted molar refractivity (Wildman–Crippen MR) is 104 cm³/mol. The lowest BCUT2D eigenvalue weighted by Gasteiger charge is -2.35. The number of carbonyl (C=O) groups is 1. The standard InChI is InChI=1S/C20H32N4O2/c1-17(23-8-3-4-9-23)15-21-20(25)24-12-10-22(11-13-24)16-18-6-5-7-19(14-18)26-2/h5-7,14,17H,3-4,8-13,15-16H2,1-2H3,(H,21,25)/t17-/m0/s1. The summed E-state index contributed by atoms with van der Waals surface area (Å²) in [5.74, 6) is 0.896. The average Bonchev–Trinajstić information content (AvgIpc) is 3.21. The van der Waals surface area contributed by atoms with E-state index in [9.17, 15) is 4.79 Å². The summed E-state index contributed by atoms with van der Waals surface area (Å²) in [5, 5.41) is 3.12. The van der Waals surface area contributed by atoms with Gasteiger partial charge in [0, 0.05) is 45.3 Å². The average molecular weight is 361 g/mol. The van der Waals surface area contributed by atoms with Gasteiger partial charge in [0.15, 0.2) is 0 Å². The Morgan fingerprint density at radius 3 is 2.58 bits per heavy atom. The van der Waals surface area contributed by atoms with Crippen LogP contribution in [0, 0.1) is 0 Å². The Morgan fingerprint density at radius 2 is 1.88 bits per heavy atom. The van der Waals surface area contributed by atoms with E-state index >= 15 is 0 Å². The first-order chi connectivity index (χ1) is 12.7. The van der Waals surface area contributed by atoms with Gasteiger partial charge in [0.05, 0.1) is 7.11 Å². The lowest BCUT2D eigenvalue weighted by atomic mass is 10.2. The van der Waals surface area contributed by atoms with E-state index in [2.05, 4.69) is 34.2 Å². The van der Waals surface area contributed by atoms with Gasteiger partial charge in [-0.2, -0.15) is 0 Å². The Hall–Kier alpha value is -1.79. The molecule has 1 aromatic carbocycles. The van der Waals surface area contributed by atoms with Gasteiger partial charge in [-0.1, -0.05) is 12.1 Å². The first-order valence-corrected chi connectivity index (χ1v) is 9.78. The van der Waals surface area contributed by atoms with Crippen molar-refractivity contribution in [3.05, 3.63) is 29.8 Å². The highest BCUT2D eigenvalue weighted by Crippen LogP contribution is 2.15. The van der Waals surface area contributed by atoms with Crippen molar-refractivity contribution in [2.24, 2.45) is 0 Å². The van der Waals surface area contributed by atoms with Gasteiger partial charge in [-0.3, -0.25) is 9.80 Å². The number of benzene rings is 1. The van der Waals surface area contributed by atoms with Crippen LogP contribution in [0.25, 0.3) is 0 Å². The molecular weight excluding hydrogens is 328 g/mol. The Morgan fingerprint density at radius 1 is 1.15 bits per heavy atom. The van der Waals surface area contributed by atoms with Crippen molar-refractivity contribution in [2.75, 3.05) is 52.9 Å². The zero-order valence-corrected chi connectivity index (χ0v) is 16.1. The number of carbonyl (C=O) groups excluding carboxylic acids is 1. The molecule has 3 rings (SSSR count). The second-order valence-electron chi connectivity index (χ2n) is 7.39. The van der Waals surface area contributed by atoms with E-state index in [1.54, 1.807) is 7.11 Å². The van der Waals surface area contributed by atoms with Crippen LogP contribution in [0.15, 0.2) is 24.3 Å². The molecule has 0 bridgehead atoms. The third-order valence-electron chi connectivity index (χ3n) is 5.51. The molecule has 2 heterocycles. The Labute approximate surface area is 157 Å². The number of likely N-dealkylation sites (tertiary alicyclic amines) is 1. The van der Waals surface area contributed by atoms with Crippen molar-refractivity contribution >= 4 is 6.03 Å². The number of methoxy groups -OCH3 is 1. The summed E-state index contributed by atoms with van der Waals surface area (Å²) in [5.41, 5.74) is 1.25. The number of nitrogens with one attached hydrogen (secondary N) is 1. The molecule has 1 N–H and O–H groups in total. The van der Waals surface area contributed by atoms with Crippen LogP contribution in [0.1, 0.15) is 25.3 Å². The van der Waals surface area contributed by atoms with E-state index in [4.69, 9.17) is 4.74 Å². The summed E-state index contributed by atoms with van der Waals surface area (Å²) in [6, 6.07) is 8.71. The molecule has 0 spiro atoms. The fraction of sp³-hybridized carbons (Fsp3) is 0.650. The highest BCUT2D eigenvalue weighted by atomic mass is 16.5. The van der Waals surface area contributed by atoms with Crippen LogP contribution in [0.3, 0.4) is 0 Å². The van der Waals surface area contributed by atoms with Crippen LogP contribution in [-0.4, -0.2) is 79.7 Å². The second-order valence-corrected chi connectivity index (χ2v) is 7.39. The molecule has 2 aliphatic heterocycles. The summed E-state index contributed by atoms with van der Waals surface area (Å²) < 4.78 is 5.29. The van der Waals surface area contributed by atoms with Gasteiger partial charge in [-0.05, 0) is 50.6 Å². The fourth-order valence-electron chi connectivity index (χ4n) is 3.80. The van der Waals surface area contributed by atoms with Crippen LogP contribution >= 0.6 is 0 Å². The molecule has 1 aromatic rings. The van der Waals surface area contributed by atoms with E-state index in [1.807, 2.05) is 17.0 Å². The highest BCUT2D eigenvalue weighted by molar-refractivity contribution is 5.74. The van der Waals surface area contributed by atoms with Crippen LogP contribution in [-0.2, 0) is 6.54 Å². The van der Waals surface area contributed by atoms with Crippen molar-refractivity contribution in [1.82, 2.24) is 20.0 Å². The van der Waals surface area contributed by atoms with Gasteiger partial charge < -0.3 is 15.0 Å². The molecule has 26 heavy (non-hydrogen) atoms. The molecule has 1 atom stereocenters. The zero-order valence-electron chi connectivity index (χ0n) is 16.1. The monoisotopic (exact) mass is 360 g/mol. The number of ether oxygens (including phenoxy) is 1. The summed E-state index contributed by atoms with van der Waals surface area (Å²) in [4.78, 5) is 19.2. The normalized spacial score (nSPS) is 20.2. The minimum Gasteiger partial charge on any atom is -0.497 e. The van der Waals surface area contributed by atoms with Gasteiger partial charge in [0.1, 0.15) is 5.75 Å². The largest absolute Gasteiger partial charge is 0.497 e. The van der Waals surface area contributed by atoms with Crippen LogP contribution in [0.5, 0.6) is 5.75 Å². The SMILES string of the molecule is COc1cccc(CN2CCN(C(=O)NC[C@H](C)N3CCCC3)CC2)c1. The van der Waals surface area contributed by atoms with Gasteiger partial charge in [0.2, 0.25) is 0 Å². The molecule has 0 saturated carbocycles. The minimum atomic E-state index is 0.0806.